The lowest BCUT2D eigenvalue weighted by Crippen LogP contribution is -2.38. The summed E-state index contributed by atoms with van der Waals surface area (Å²) < 4.78 is 7.46. The van der Waals surface area contributed by atoms with E-state index in [1.807, 2.05) is 47.4 Å². The van der Waals surface area contributed by atoms with Gasteiger partial charge in [-0.2, -0.15) is 5.10 Å². The highest BCUT2D eigenvalue weighted by molar-refractivity contribution is 14.0. The van der Waals surface area contributed by atoms with Crippen LogP contribution in [0.4, 0.5) is 0 Å². The maximum Gasteiger partial charge on any atom is 0.191 e. The van der Waals surface area contributed by atoms with Crippen LogP contribution in [0.25, 0.3) is 5.69 Å². The van der Waals surface area contributed by atoms with Gasteiger partial charge in [0.25, 0.3) is 0 Å². The number of nitrogens with one attached hydrogen (secondary N) is 2. The van der Waals surface area contributed by atoms with Crippen LogP contribution in [0.5, 0.6) is 5.75 Å². The molecule has 6 nitrogen and oxygen atoms in total. The Morgan fingerprint density at radius 3 is 2.83 bits per heavy atom. The number of hydrogen-bond acceptors (Lipinski definition) is 3. The summed E-state index contributed by atoms with van der Waals surface area (Å²) in [5.74, 6) is 1.86. The number of guanidine groups is 1. The summed E-state index contributed by atoms with van der Waals surface area (Å²) in [5.41, 5.74) is 4.76. The lowest BCUT2D eigenvalue weighted by atomic mass is 10.1. The molecular formula is C23H28IN5O. The van der Waals surface area contributed by atoms with Crippen LogP contribution in [0.1, 0.15) is 23.6 Å². The van der Waals surface area contributed by atoms with Gasteiger partial charge in [-0.3, -0.25) is 0 Å². The molecule has 0 bridgehead atoms. The monoisotopic (exact) mass is 517 g/mol. The zero-order valence-corrected chi connectivity index (χ0v) is 19.5. The molecule has 2 heterocycles. The van der Waals surface area contributed by atoms with E-state index in [4.69, 9.17) is 9.73 Å². The normalized spacial score (nSPS) is 12.6. The van der Waals surface area contributed by atoms with Gasteiger partial charge in [0.1, 0.15) is 5.75 Å². The van der Waals surface area contributed by atoms with E-state index in [1.165, 1.54) is 11.1 Å². The zero-order valence-electron chi connectivity index (χ0n) is 17.2. The predicted molar refractivity (Wildman–Crippen MR) is 131 cm³/mol. The number of para-hydroxylation sites is 1. The molecule has 0 saturated carbocycles. The van der Waals surface area contributed by atoms with Crippen LogP contribution >= 0.6 is 24.0 Å². The van der Waals surface area contributed by atoms with Gasteiger partial charge in [-0.1, -0.05) is 30.3 Å². The lowest BCUT2D eigenvalue weighted by Gasteiger charge is -2.11. The Hall–Kier alpha value is -2.55. The maximum atomic E-state index is 5.58. The van der Waals surface area contributed by atoms with Crippen molar-refractivity contribution in [1.82, 2.24) is 20.4 Å². The smallest absolute Gasteiger partial charge is 0.191 e. The molecule has 0 fully saturated rings. The number of rotatable bonds is 7. The van der Waals surface area contributed by atoms with Gasteiger partial charge in [-0.15, -0.1) is 24.0 Å². The number of fused-ring (bicyclic) bond motifs is 1. The average Bonchev–Trinajstić information content (AvgIpc) is 3.42. The van der Waals surface area contributed by atoms with Crippen molar-refractivity contribution in [3.05, 3.63) is 77.6 Å². The topological polar surface area (TPSA) is 63.5 Å². The molecule has 0 saturated heterocycles. The van der Waals surface area contributed by atoms with Gasteiger partial charge in [0, 0.05) is 31.3 Å². The van der Waals surface area contributed by atoms with Gasteiger partial charge in [-0.05, 0) is 42.7 Å². The van der Waals surface area contributed by atoms with Crippen molar-refractivity contribution >= 4 is 29.9 Å². The molecular weight excluding hydrogens is 489 g/mol. The first-order chi connectivity index (χ1) is 14.3. The first-order valence-corrected chi connectivity index (χ1v) is 10.2. The van der Waals surface area contributed by atoms with Crippen LogP contribution in [0.2, 0.25) is 0 Å². The summed E-state index contributed by atoms with van der Waals surface area (Å²) in [6.07, 6.45) is 5.85. The molecule has 4 rings (SSSR count). The van der Waals surface area contributed by atoms with Gasteiger partial charge in [0.05, 0.1) is 25.0 Å². The van der Waals surface area contributed by atoms with E-state index < -0.39 is 0 Å². The first kappa shape index (κ1) is 22.1. The van der Waals surface area contributed by atoms with E-state index in [-0.39, 0.29) is 24.0 Å². The Labute approximate surface area is 194 Å². The Kier molecular flexibility index (Phi) is 8.12. The number of benzene rings is 2. The number of hydrogen-bond donors (Lipinski definition) is 2. The van der Waals surface area contributed by atoms with E-state index in [9.17, 15) is 0 Å². The lowest BCUT2D eigenvalue weighted by molar-refractivity contribution is 0.357. The predicted octanol–water partition coefficient (Wildman–Crippen LogP) is 3.72. The third kappa shape index (κ3) is 5.75. The Bertz CT molecular complexity index is 971. The summed E-state index contributed by atoms with van der Waals surface area (Å²) in [6.45, 7) is 5.11. The SMILES string of the molecule is CCNC(=NCc1cnn(-c2ccccc2)c1)NCCc1ccc2c(c1)CCO2.I. The van der Waals surface area contributed by atoms with Gasteiger partial charge in [-0.25, -0.2) is 9.67 Å². The quantitative estimate of drug-likeness (QED) is 0.285. The Morgan fingerprint density at radius 1 is 1.13 bits per heavy atom. The van der Waals surface area contributed by atoms with E-state index in [2.05, 4.69) is 40.9 Å². The molecule has 1 aliphatic heterocycles. The van der Waals surface area contributed by atoms with Gasteiger partial charge < -0.3 is 15.4 Å². The summed E-state index contributed by atoms with van der Waals surface area (Å²) in [5, 5.41) is 11.2. The molecule has 0 unspecified atom stereocenters. The van der Waals surface area contributed by atoms with Crippen molar-refractivity contribution < 1.29 is 4.74 Å². The van der Waals surface area contributed by atoms with Crippen LogP contribution in [0.3, 0.4) is 0 Å². The molecule has 0 aliphatic carbocycles. The van der Waals surface area contributed by atoms with Gasteiger partial charge in [0.2, 0.25) is 0 Å². The molecule has 2 aromatic carbocycles. The molecule has 30 heavy (non-hydrogen) atoms. The van der Waals surface area contributed by atoms with Crippen LogP contribution in [-0.4, -0.2) is 35.4 Å². The summed E-state index contributed by atoms with van der Waals surface area (Å²) >= 11 is 0. The fourth-order valence-electron chi connectivity index (χ4n) is 3.40. The third-order valence-electron chi connectivity index (χ3n) is 4.88. The van der Waals surface area contributed by atoms with Crippen LogP contribution < -0.4 is 15.4 Å². The molecule has 0 amide bonds. The average molecular weight is 517 g/mol. The number of nitrogens with zero attached hydrogens (tertiary/aromatic N) is 3. The molecule has 3 aromatic rings. The summed E-state index contributed by atoms with van der Waals surface area (Å²) in [4.78, 5) is 4.70. The minimum absolute atomic E-state index is 0. The minimum Gasteiger partial charge on any atom is -0.493 e. The summed E-state index contributed by atoms with van der Waals surface area (Å²) in [6, 6.07) is 16.6. The molecule has 2 N–H and O–H groups in total. The Balaban J connectivity index is 0.00000256. The van der Waals surface area contributed by atoms with Crippen molar-refractivity contribution in [3.63, 3.8) is 0 Å². The van der Waals surface area contributed by atoms with Crippen LogP contribution in [0.15, 0.2) is 65.9 Å². The maximum absolute atomic E-state index is 5.58. The number of aromatic nitrogens is 2. The van der Waals surface area contributed by atoms with Crippen molar-refractivity contribution in [2.75, 3.05) is 19.7 Å². The zero-order chi connectivity index (χ0) is 19.9. The second-order valence-electron chi connectivity index (χ2n) is 7.04. The van der Waals surface area contributed by atoms with Crippen molar-refractivity contribution in [3.8, 4) is 11.4 Å². The van der Waals surface area contributed by atoms with E-state index >= 15 is 0 Å². The number of halogens is 1. The third-order valence-corrected chi connectivity index (χ3v) is 4.88. The molecule has 1 aromatic heterocycles. The largest absolute Gasteiger partial charge is 0.493 e. The highest BCUT2D eigenvalue weighted by Gasteiger charge is 2.11. The Morgan fingerprint density at radius 2 is 2.00 bits per heavy atom. The van der Waals surface area contributed by atoms with E-state index in [1.54, 1.807) is 0 Å². The van der Waals surface area contributed by atoms with E-state index in [0.29, 0.717) is 6.54 Å². The van der Waals surface area contributed by atoms with Gasteiger partial charge >= 0.3 is 0 Å². The molecule has 0 radical (unpaired) electrons. The van der Waals surface area contributed by atoms with Crippen molar-refractivity contribution in [2.45, 2.75) is 26.3 Å². The molecule has 0 spiro atoms. The molecule has 158 valence electrons. The highest BCUT2D eigenvalue weighted by atomic mass is 127. The standard InChI is InChI=1S/C23H27N5O.HI/c1-2-24-23(25-12-10-18-8-9-22-20(14-18)11-13-29-22)26-15-19-16-27-28(17-19)21-6-4-3-5-7-21;/h3-9,14,16-17H,2,10-13,15H2,1H3,(H2,24,25,26);1H. The fourth-order valence-corrected chi connectivity index (χ4v) is 3.40. The molecule has 1 aliphatic rings. The second kappa shape index (κ2) is 11.0. The molecule has 0 atom stereocenters. The van der Waals surface area contributed by atoms with Crippen LogP contribution in [0, 0.1) is 0 Å². The van der Waals surface area contributed by atoms with Crippen LogP contribution in [-0.2, 0) is 19.4 Å². The van der Waals surface area contributed by atoms with Gasteiger partial charge in [0.15, 0.2) is 5.96 Å². The fraction of sp³-hybridized carbons (Fsp3) is 0.304. The van der Waals surface area contributed by atoms with E-state index in [0.717, 1.165) is 55.5 Å². The van der Waals surface area contributed by atoms with Crippen molar-refractivity contribution in [2.24, 2.45) is 4.99 Å². The second-order valence-corrected chi connectivity index (χ2v) is 7.04. The number of aliphatic imine (C=N–C) groups is 1. The summed E-state index contributed by atoms with van der Waals surface area (Å²) in [7, 11) is 0. The first-order valence-electron chi connectivity index (χ1n) is 10.2. The number of ether oxygens (including phenoxy) is 1. The molecule has 7 heteroatoms. The highest BCUT2D eigenvalue weighted by Crippen LogP contribution is 2.25. The minimum atomic E-state index is 0. The van der Waals surface area contributed by atoms with Crippen molar-refractivity contribution in [1.29, 1.82) is 0 Å².